The van der Waals surface area contributed by atoms with Gasteiger partial charge < -0.3 is 0 Å². The van der Waals surface area contributed by atoms with E-state index in [2.05, 4.69) is 0 Å². The number of hydrogen-bond donors (Lipinski definition) is 2. The monoisotopic (exact) mass is 510 g/mol. The molecule has 0 saturated heterocycles. The number of rotatable bonds is 0. The maximum absolute atomic E-state index is 6.00. The zero-order valence-electron chi connectivity index (χ0n) is 1.89. The van der Waals surface area contributed by atoms with Crippen molar-refractivity contribution in [1.82, 2.24) is 0 Å². The van der Waals surface area contributed by atoms with E-state index in [0.29, 0.717) is 0 Å². The van der Waals surface area contributed by atoms with Crippen LogP contribution in [-0.4, -0.2) is 10.5 Å². The van der Waals surface area contributed by atoms with Crippen molar-refractivity contribution in [2.75, 3.05) is 0 Å². The Kier molecular flexibility index (Phi) is 82.6. The molecule has 0 aromatic rings. The van der Waals surface area contributed by atoms with Gasteiger partial charge in [0.25, 0.3) is 0 Å². The Balaban J connectivity index is -0.00000000500. The summed E-state index contributed by atoms with van der Waals surface area (Å²) in [5, 5.41) is 12.0. The van der Waals surface area contributed by atoms with Gasteiger partial charge in [-0.1, -0.05) is 0 Å². The quantitative estimate of drug-likeness (QED) is 0.357. The first kappa shape index (κ1) is 16.6. The van der Waals surface area contributed by atoms with Gasteiger partial charge in [0.2, 0.25) is 0 Å². The molecule has 22 valence electrons. The third-order valence-electron chi connectivity index (χ3n) is 0. The van der Waals surface area contributed by atoms with E-state index in [0.717, 1.165) is 0 Å². The summed E-state index contributed by atoms with van der Waals surface area (Å²) in [5.74, 6) is 0. The predicted octanol–water partition coefficient (Wildman–Crippen LogP) is 0.0174. The van der Waals surface area contributed by atoms with Gasteiger partial charge in [-0.25, -0.2) is 0 Å². The molecule has 4 heavy (non-hydrogen) atoms. The third kappa shape index (κ3) is 8.98. The Hall–Kier alpha value is 2.02. The normalized spacial score (nSPS) is 1.50. The van der Waals surface area contributed by atoms with E-state index in [9.17, 15) is 0 Å². The summed E-state index contributed by atoms with van der Waals surface area (Å²) in [5.41, 5.74) is 0. The molecule has 0 radical (unpaired) electrons. The minimum absolute atomic E-state index is 0. The van der Waals surface area contributed by atoms with Crippen LogP contribution in [0.25, 0.3) is 0 Å². The maximum atomic E-state index is 6.00. The van der Waals surface area contributed by atoms with Gasteiger partial charge in [-0.15, -0.1) is 0 Å². The van der Waals surface area contributed by atoms with E-state index in [1.165, 1.54) is 0 Å². The standard InChI is InChI=1S/H2O2.2U/c1-2;;/h1-2H;;. The summed E-state index contributed by atoms with van der Waals surface area (Å²) in [6.45, 7) is 0. The molecule has 0 amide bonds. The largest absolute Gasteiger partial charge is 0.255 e. The van der Waals surface area contributed by atoms with Gasteiger partial charge in [0.15, 0.2) is 0 Å². The number of hydrogen-bond acceptors (Lipinski definition) is 2. The van der Waals surface area contributed by atoms with Crippen molar-refractivity contribution in [3.05, 3.63) is 0 Å². The molecule has 0 atom stereocenters. The molecular formula is H2O2U2. The molecule has 0 rings (SSSR count). The van der Waals surface area contributed by atoms with E-state index in [4.69, 9.17) is 10.5 Å². The van der Waals surface area contributed by atoms with Gasteiger partial charge in [0.1, 0.15) is 0 Å². The molecule has 0 bridgehead atoms. The van der Waals surface area contributed by atoms with Gasteiger partial charge >= 0.3 is 0 Å². The van der Waals surface area contributed by atoms with Crippen LogP contribution in [0.5, 0.6) is 0 Å². The van der Waals surface area contributed by atoms with Crippen LogP contribution in [-0.2, 0) is 0 Å². The minimum atomic E-state index is 0. The average Bonchev–Trinajstić information content (AvgIpc) is 1.00. The summed E-state index contributed by atoms with van der Waals surface area (Å²) in [6.07, 6.45) is 0. The SMILES string of the molecule is OO.[U].[U]. The van der Waals surface area contributed by atoms with Crippen molar-refractivity contribution in [2.24, 2.45) is 0 Å². The zero-order valence-corrected chi connectivity index (χ0v) is 10.2. The Morgan fingerprint density at radius 2 is 0.750 bits per heavy atom. The van der Waals surface area contributed by atoms with Crippen molar-refractivity contribution < 1.29 is 72.7 Å². The van der Waals surface area contributed by atoms with Gasteiger partial charge in [0.05, 0.1) is 0 Å². The maximum Gasteiger partial charge on any atom is 0 e. The molecule has 0 aromatic carbocycles. The van der Waals surface area contributed by atoms with Gasteiger partial charge in [-0.05, 0) is 0 Å². The van der Waals surface area contributed by atoms with E-state index >= 15 is 0 Å². The first-order chi connectivity index (χ1) is 1.00. The fourth-order valence-electron chi connectivity index (χ4n) is 0. The average molecular weight is 510 g/mol. The van der Waals surface area contributed by atoms with Crippen molar-refractivity contribution in [1.29, 1.82) is 0 Å². The topological polar surface area (TPSA) is 40.5 Å². The van der Waals surface area contributed by atoms with Gasteiger partial charge in [-0.3, -0.25) is 10.5 Å². The molecule has 4 heteroatoms. The fourth-order valence-corrected chi connectivity index (χ4v) is 0. The summed E-state index contributed by atoms with van der Waals surface area (Å²) >= 11 is 0. The third-order valence-corrected chi connectivity index (χ3v) is 0. The zero-order chi connectivity index (χ0) is 2.00. The molecular weight excluding hydrogens is 508 g/mol. The van der Waals surface area contributed by atoms with E-state index < -0.39 is 0 Å². The summed E-state index contributed by atoms with van der Waals surface area (Å²) in [4.78, 5) is 0. The Labute approximate surface area is 71.7 Å². The first-order valence-electron chi connectivity index (χ1n) is 0.200. The second-order valence-corrected chi connectivity index (χ2v) is 0. The van der Waals surface area contributed by atoms with Crippen LogP contribution in [0.3, 0.4) is 0 Å². The van der Waals surface area contributed by atoms with Crippen molar-refractivity contribution >= 4 is 0 Å². The van der Waals surface area contributed by atoms with Crippen LogP contribution in [0.4, 0.5) is 0 Å². The van der Waals surface area contributed by atoms with E-state index in [1.807, 2.05) is 0 Å². The first-order valence-corrected chi connectivity index (χ1v) is 0.200. The molecule has 0 spiro atoms. The Morgan fingerprint density at radius 3 is 0.750 bits per heavy atom. The molecule has 0 aromatic heterocycles. The van der Waals surface area contributed by atoms with E-state index in [-0.39, 0.29) is 62.2 Å². The van der Waals surface area contributed by atoms with Crippen LogP contribution in [0.2, 0.25) is 0 Å². The predicted molar refractivity (Wildman–Crippen MR) is 5.26 cm³/mol. The molecule has 0 aliphatic heterocycles. The molecule has 0 heterocycles. The summed E-state index contributed by atoms with van der Waals surface area (Å²) < 4.78 is 0. The Bertz CT molecular complexity index is 4.00. The molecule has 0 fully saturated rings. The van der Waals surface area contributed by atoms with E-state index in [1.54, 1.807) is 0 Å². The van der Waals surface area contributed by atoms with Gasteiger partial charge in [0, 0.05) is 62.2 Å². The summed E-state index contributed by atoms with van der Waals surface area (Å²) in [7, 11) is 0. The molecule has 2 nitrogen and oxygen atoms in total. The van der Waals surface area contributed by atoms with Gasteiger partial charge in [-0.2, -0.15) is 0 Å². The molecule has 0 saturated carbocycles. The second kappa shape index (κ2) is 19.9. The molecule has 0 unspecified atom stereocenters. The van der Waals surface area contributed by atoms with Crippen molar-refractivity contribution in [3.63, 3.8) is 0 Å². The summed E-state index contributed by atoms with van der Waals surface area (Å²) in [6, 6.07) is 0. The van der Waals surface area contributed by atoms with Crippen LogP contribution in [0.15, 0.2) is 0 Å². The second-order valence-electron chi connectivity index (χ2n) is 0. The Morgan fingerprint density at radius 1 is 0.750 bits per heavy atom. The van der Waals surface area contributed by atoms with Crippen LogP contribution < -0.4 is 0 Å². The molecule has 0 aliphatic rings. The molecule has 0 aliphatic carbocycles. The minimum Gasteiger partial charge on any atom is -0.255 e. The smallest absolute Gasteiger partial charge is 0 e. The fraction of sp³-hybridized carbons (Fsp3) is 0. The molecule has 2 N–H and O–H groups in total. The van der Waals surface area contributed by atoms with Crippen LogP contribution >= 0.6 is 0 Å². The van der Waals surface area contributed by atoms with Crippen molar-refractivity contribution in [2.45, 2.75) is 0 Å². The van der Waals surface area contributed by atoms with Crippen molar-refractivity contribution in [3.8, 4) is 0 Å². The van der Waals surface area contributed by atoms with Crippen LogP contribution in [0.1, 0.15) is 0 Å². The van der Waals surface area contributed by atoms with Crippen LogP contribution in [0, 0.1) is 62.2 Å².